The third-order valence-electron chi connectivity index (χ3n) is 16.5. The van der Waals surface area contributed by atoms with Crippen molar-refractivity contribution in [2.24, 2.45) is 28.7 Å². The number of benzene rings is 6. The Morgan fingerprint density at radius 1 is 0.382 bits per heavy atom. The van der Waals surface area contributed by atoms with Gasteiger partial charge in [-0.15, -0.1) is 28.3 Å². The molecule has 0 fully saturated rings. The number of hydrogen-bond donors (Lipinski definition) is 11. The number of alkyl halides is 1. The molecule has 744 valence electrons. The number of amides is 7. The minimum absolute atomic E-state index is 0. The highest BCUT2D eigenvalue weighted by Gasteiger charge is 2.30. The molecule has 1 aromatic heterocycles. The highest BCUT2D eigenvalue weighted by molar-refractivity contribution is 9.09. The van der Waals surface area contributed by atoms with Crippen LogP contribution in [-0.4, -0.2) is 167 Å². The van der Waals surface area contributed by atoms with Gasteiger partial charge in [-0.25, -0.2) is 33.8 Å². The van der Waals surface area contributed by atoms with E-state index in [-0.39, 0.29) is 92.2 Å². The average Bonchev–Trinajstić information content (AvgIpc) is 1.82. The number of non-ortho nitro benzene ring substituents is 6. The number of thiocarbonyl (C=S) groups is 2. The maximum atomic E-state index is 11.8. The summed E-state index contributed by atoms with van der Waals surface area (Å²) in [4.78, 5) is 168. The number of aliphatic carboxylic acids is 1. The molecule has 136 heavy (non-hydrogen) atoms. The summed E-state index contributed by atoms with van der Waals surface area (Å²) in [6.45, 7) is 29.6. The number of Topliss-reactive ketones (excluding diaryl/α,β-unsaturated/α-hetero) is 1. The maximum absolute atomic E-state index is 11.8. The number of nitrogens with zero attached hydrogens (tertiary/aromatic N) is 7. The molecule has 1 heterocycles. The van der Waals surface area contributed by atoms with Gasteiger partial charge in [-0.3, -0.25) is 75.1 Å². The summed E-state index contributed by atoms with van der Waals surface area (Å²) in [7, 11) is 0. The third kappa shape index (κ3) is 54.0. The monoisotopic (exact) mass is 2090 g/mol. The lowest BCUT2D eigenvalue weighted by atomic mass is 10.1. The van der Waals surface area contributed by atoms with E-state index in [0.29, 0.717) is 47.7 Å². The van der Waals surface area contributed by atoms with Crippen LogP contribution < -0.4 is 55.3 Å². The zero-order valence-corrected chi connectivity index (χ0v) is 83.6. The lowest BCUT2D eigenvalue weighted by molar-refractivity contribution is -0.385. The Bertz CT molecular complexity index is 4560. The number of carboxylic acid groups (broad SMARTS) is 1. The maximum Gasteiger partial charge on any atom is 0.408 e. The number of aromatic nitrogens is 1. The van der Waals surface area contributed by atoms with Crippen molar-refractivity contribution >= 4 is 167 Å². The highest BCUT2D eigenvalue weighted by Crippen LogP contribution is 2.25. The van der Waals surface area contributed by atoms with Crippen molar-refractivity contribution in [3.63, 3.8) is 0 Å². The first kappa shape index (κ1) is 122. The van der Waals surface area contributed by atoms with Crippen molar-refractivity contribution in [2.75, 3.05) is 5.33 Å². The molecule has 16 N–H and O–H groups in total. The number of ketones is 1. The van der Waals surface area contributed by atoms with Gasteiger partial charge < -0.3 is 84.0 Å². The molecular formula is C87H117Br2N17O27S3. The lowest BCUT2D eigenvalue weighted by Crippen LogP contribution is -2.47. The van der Waals surface area contributed by atoms with E-state index in [1.54, 1.807) is 152 Å². The van der Waals surface area contributed by atoms with E-state index in [1.165, 1.54) is 109 Å². The normalized spacial score (nSPS) is 12.1. The van der Waals surface area contributed by atoms with E-state index in [0.717, 1.165) is 33.8 Å². The number of nitrogens with one attached hydrogen (secondary N) is 5. The fourth-order valence-corrected chi connectivity index (χ4v) is 11.7. The van der Waals surface area contributed by atoms with Crippen molar-refractivity contribution in [3.8, 4) is 0 Å². The van der Waals surface area contributed by atoms with Crippen molar-refractivity contribution < 1.29 is 101 Å². The molecule has 0 bridgehead atoms. The Hall–Kier alpha value is -13.5. The highest BCUT2D eigenvalue weighted by atomic mass is 79.9. The van der Waals surface area contributed by atoms with Crippen LogP contribution in [0.3, 0.4) is 0 Å². The molecule has 0 aliphatic rings. The van der Waals surface area contributed by atoms with E-state index in [9.17, 15) is 104 Å². The molecule has 0 saturated carbocycles. The first-order valence-corrected chi connectivity index (χ1v) is 43.7. The summed E-state index contributed by atoms with van der Waals surface area (Å²) in [5.41, 5.74) is 29.8. The van der Waals surface area contributed by atoms with Crippen LogP contribution in [0.15, 0.2) is 151 Å². The zero-order chi connectivity index (χ0) is 103. The number of primary amides is 2. The number of thiazole rings is 1. The summed E-state index contributed by atoms with van der Waals surface area (Å²) < 4.78 is 25.4. The van der Waals surface area contributed by atoms with Gasteiger partial charge in [0, 0.05) is 104 Å². The number of carbonyl (C=O) groups excluding carboxylic acids is 8. The molecule has 49 heteroatoms. The molecule has 0 unspecified atom stereocenters. The SMILES string of the molecule is Br.CC(C)(C)OC(=O)N[C@@H](Cc1ccc([N+](=O)[O-])cc1)C(=O)O.CC(C)(C)OC(=O)N[C@@H](Cc1ccc([N+](=O)[O-])cc1)C(N)=O.CC(C)(C)OC(=O)N[C@@H](Cc1ccc([N+](=O)[O-])cc1)C(N)=O.CC(C)(C)OC(=O)N[C@@H](Cc1ccc([N+](=O)[O-])cc1)C(N)=S.CC(C)(C)OC(=O)N[C@@H](Cc1ccc([N+](=O)[O-])cc1)C(N)=S.CCC(=O)CBr.CCc1csc([C@@H](N)Cc2ccc([N+](=O)[O-])cc2)n1. The van der Waals surface area contributed by atoms with Gasteiger partial charge in [-0.05, 0) is 163 Å². The summed E-state index contributed by atoms with van der Waals surface area (Å²) in [5.74, 6) is -2.40. The number of hydrogen-bond acceptors (Lipinski definition) is 31. The molecule has 0 aliphatic heterocycles. The predicted molar refractivity (Wildman–Crippen MR) is 524 cm³/mol. The smallest absolute Gasteiger partial charge is 0.408 e. The number of carbonyl (C=O) groups is 9. The molecule has 0 aliphatic carbocycles. The van der Waals surface area contributed by atoms with Crippen LogP contribution in [0.1, 0.15) is 174 Å². The van der Waals surface area contributed by atoms with Crippen LogP contribution in [0.4, 0.5) is 58.1 Å². The van der Waals surface area contributed by atoms with Gasteiger partial charge in [0.2, 0.25) is 11.8 Å². The van der Waals surface area contributed by atoms with Gasteiger partial charge in [0.1, 0.15) is 56.9 Å². The van der Waals surface area contributed by atoms with Crippen LogP contribution in [0.2, 0.25) is 0 Å². The summed E-state index contributed by atoms with van der Waals surface area (Å²) >= 11 is 14.5. The Morgan fingerprint density at radius 2 is 0.581 bits per heavy atom. The van der Waals surface area contributed by atoms with Gasteiger partial charge in [0.15, 0.2) is 0 Å². The molecule has 0 spiro atoms. The van der Waals surface area contributed by atoms with Gasteiger partial charge >= 0.3 is 36.4 Å². The lowest BCUT2D eigenvalue weighted by Gasteiger charge is -2.23. The van der Waals surface area contributed by atoms with Crippen LogP contribution in [0.5, 0.6) is 0 Å². The third-order valence-corrected chi connectivity index (χ3v) is 18.7. The van der Waals surface area contributed by atoms with Gasteiger partial charge in [0.05, 0.1) is 68.7 Å². The molecule has 0 saturated heterocycles. The molecule has 6 atom stereocenters. The minimum Gasteiger partial charge on any atom is -0.480 e. The van der Waals surface area contributed by atoms with Gasteiger partial charge in [-0.1, -0.05) is 127 Å². The van der Waals surface area contributed by atoms with E-state index in [4.69, 9.17) is 81.9 Å². The van der Waals surface area contributed by atoms with E-state index in [2.05, 4.69) is 54.4 Å². The Kier molecular flexibility index (Phi) is 52.8. The quantitative estimate of drug-likeness (QED) is 0.00613. The molecule has 7 amide bonds. The second-order valence-corrected chi connectivity index (χ2v) is 36.3. The zero-order valence-electron chi connectivity index (χ0n) is 77.9. The molecular weight excluding hydrogens is 1970 g/mol. The van der Waals surface area contributed by atoms with Gasteiger partial charge in [0.25, 0.3) is 34.1 Å². The first-order valence-electron chi connectivity index (χ1n) is 40.9. The Labute approximate surface area is 817 Å². The second kappa shape index (κ2) is 58.6. The summed E-state index contributed by atoms with van der Waals surface area (Å²) in [6, 6.07) is 30.7. The van der Waals surface area contributed by atoms with Crippen molar-refractivity contribution in [3.05, 3.63) is 256 Å². The first-order chi connectivity index (χ1) is 62.3. The number of rotatable bonds is 32. The summed E-state index contributed by atoms with van der Waals surface area (Å²) in [5, 5.41) is 88.3. The minimum atomic E-state index is -1.22. The standard InChI is InChI=1S/2C14H19N3O5.2C14H19N3O4S.C14H18N2O6.C13H15N3O2S.C4H7BrO.BrH/c2*1-14(2,3)22-13(19)16-11(12(15)18)8-9-4-6-10(7-5-9)17(20)21;2*1-14(2,3)21-13(18)16-11(12(15)22)8-9-4-6-10(7-5-9)17(19)20;1-14(2,3)22-13(19)15-11(12(17)18)8-9-4-6-10(7-5-9)16(20)21;1-2-10-8-19-13(15-10)12(14)7-9-3-5-11(6-4-9)16(17)18;1-2-4(6)3-5;/h2*4-7,11H,8H2,1-3H3,(H2,15,18)(H,16,19);2*4-7,11H,8H2,1-3H3,(H2,15,22)(H,16,18);4-7,11H,8H2,1-3H3,(H,15,19)(H,17,18);3-6,8,12H,2,7,14H2,1H3;2-3H2,1H3;1H/t5*11-;12-;;/m000000../s1. The number of halogens is 2. The summed E-state index contributed by atoms with van der Waals surface area (Å²) in [6.07, 6.45) is -0.511. The van der Waals surface area contributed by atoms with Crippen LogP contribution in [0.25, 0.3) is 0 Å². The van der Waals surface area contributed by atoms with Gasteiger partial charge in [-0.2, -0.15) is 0 Å². The van der Waals surface area contributed by atoms with E-state index in [1.807, 2.05) is 12.3 Å². The molecule has 44 nitrogen and oxygen atoms in total. The van der Waals surface area contributed by atoms with E-state index < -0.39 is 136 Å². The number of nitro benzene ring substituents is 6. The number of carboxylic acids is 1. The number of ether oxygens (including phenoxy) is 5. The topological polar surface area (TPSA) is 682 Å². The average molecular weight is 2090 g/mol. The van der Waals surface area contributed by atoms with Crippen molar-refractivity contribution in [1.29, 1.82) is 0 Å². The molecule has 6 aromatic carbocycles. The second-order valence-electron chi connectivity index (χ2n) is 33.9. The fourth-order valence-electron chi connectivity index (χ4n) is 10.1. The number of alkyl carbamates (subject to hydrolysis) is 5. The van der Waals surface area contributed by atoms with E-state index >= 15 is 0 Å². The Balaban J connectivity index is 0.00000159. The van der Waals surface area contributed by atoms with Crippen LogP contribution in [-0.2, 0) is 87.8 Å². The van der Waals surface area contributed by atoms with Crippen LogP contribution in [0, 0.1) is 60.7 Å². The van der Waals surface area contributed by atoms with Crippen molar-refractivity contribution in [1.82, 2.24) is 31.6 Å². The fraction of sp³-hybridized carbons (Fsp3) is 0.425. The molecule has 0 radical (unpaired) electrons. The Morgan fingerprint density at radius 3 is 0.743 bits per heavy atom. The number of nitro groups is 6. The largest absolute Gasteiger partial charge is 0.480 e. The predicted octanol–water partition coefficient (Wildman–Crippen LogP) is 14.6. The number of aryl methyl sites for hydroxylation is 1. The molecule has 7 aromatic rings. The van der Waals surface area contributed by atoms with Crippen LogP contribution >= 0.6 is 68.7 Å². The number of nitrogens with two attached hydrogens (primary N) is 5. The van der Waals surface area contributed by atoms with Crippen molar-refractivity contribution in [2.45, 2.75) is 233 Å². The molecule has 7 rings (SSSR count).